The summed E-state index contributed by atoms with van der Waals surface area (Å²) in [7, 11) is 1.54. The van der Waals surface area contributed by atoms with E-state index in [1.54, 1.807) is 37.3 Å². The van der Waals surface area contributed by atoms with Crippen LogP contribution in [0.25, 0.3) is 0 Å². The lowest BCUT2D eigenvalue weighted by atomic mass is 10.2. The van der Waals surface area contributed by atoms with E-state index in [1.807, 2.05) is 0 Å². The monoisotopic (exact) mass is 530 g/mol. The number of rotatable bonds is 8. The maximum Gasteiger partial charge on any atom is 0.245 e. The molecule has 0 radical (unpaired) electrons. The van der Waals surface area contributed by atoms with Crippen LogP contribution < -0.4 is 14.9 Å². The molecule has 1 saturated heterocycles. The van der Waals surface area contributed by atoms with Gasteiger partial charge in [0.25, 0.3) is 0 Å². The zero-order valence-corrected chi connectivity index (χ0v) is 20.0. The highest BCUT2D eigenvalue weighted by Crippen LogP contribution is 2.37. The summed E-state index contributed by atoms with van der Waals surface area (Å²) >= 11 is 15.6. The number of nitrogens with zero attached hydrogens (tertiary/aromatic N) is 1. The van der Waals surface area contributed by atoms with Gasteiger partial charge in [0, 0.05) is 15.6 Å². The summed E-state index contributed by atoms with van der Waals surface area (Å²) in [5.74, 6) is -0.213. The SMILES string of the molecule is COc1cc(/C=N\NC(=O)CC2(C)OCCO2)cc(Br)c1OCc1ccc(Cl)cc1Cl. The molecule has 0 saturated carbocycles. The fourth-order valence-electron chi connectivity index (χ4n) is 2.91. The molecule has 10 heteroatoms. The third kappa shape index (κ3) is 6.57. The van der Waals surface area contributed by atoms with Crippen LogP contribution in [0.15, 0.2) is 39.9 Å². The summed E-state index contributed by atoms with van der Waals surface area (Å²) in [6.07, 6.45) is 1.56. The van der Waals surface area contributed by atoms with E-state index >= 15 is 0 Å². The first-order valence-corrected chi connectivity index (χ1v) is 10.9. The number of methoxy groups -OCH3 is 1. The molecule has 1 aliphatic heterocycles. The molecule has 3 rings (SSSR count). The molecule has 2 aromatic rings. The van der Waals surface area contributed by atoms with Crippen LogP contribution in [-0.2, 0) is 20.9 Å². The van der Waals surface area contributed by atoms with Crippen molar-refractivity contribution in [1.82, 2.24) is 5.43 Å². The molecule has 0 aliphatic carbocycles. The van der Waals surface area contributed by atoms with Gasteiger partial charge in [0.05, 0.1) is 37.4 Å². The number of benzene rings is 2. The number of nitrogens with one attached hydrogen (secondary N) is 1. The first-order valence-electron chi connectivity index (χ1n) is 9.34. The van der Waals surface area contributed by atoms with E-state index in [0.29, 0.717) is 44.8 Å². The smallest absolute Gasteiger partial charge is 0.245 e. The van der Waals surface area contributed by atoms with Gasteiger partial charge in [-0.1, -0.05) is 29.3 Å². The molecule has 7 nitrogen and oxygen atoms in total. The van der Waals surface area contributed by atoms with E-state index in [4.69, 9.17) is 42.1 Å². The molecule has 1 aliphatic rings. The quantitative estimate of drug-likeness (QED) is 0.385. The fraction of sp³-hybridized carbons (Fsp3) is 0.333. The van der Waals surface area contributed by atoms with Crippen LogP contribution >= 0.6 is 39.1 Å². The number of ether oxygens (including phenoxy) is 4. The van der Waals surface area contributed by atoms with Gasteiger partial charge in [-0.15, -0.1) is 0 Å². The average Bonchev–Trinajstić information content (AvgIpc) is 3.13. The number of amides is 1. The molecule has 0 atom stereocenters. The molecule has 0 spiro atoms. The van der Waals surface area contributed by atoms with Gasteiger partial charge in [0.15, 0.2) is 17.3 Å². The van der Waals surface area contributed by atoms with Gasteiger partial charge in [-0.3, -0.25) is 4.79 Å². The van der Waals surface area contributed by atoms with E-state index in [2.05, 4.69) is 26.5 Å². The molecule has 1 heterocycles. The Bertz CT molecular complexity index is 980. The van der Waals surface area contributed by atoms with Crippen molar-refractivity contribution in [2.24, 2.45) is 5.10 Å². The van der Waals surface area contributed by atoms with Crippen LogP contribution in [0.2, 0.25) is 10.0 Å². The van der Waals surface area contributed by atoms with Gasteiger partial charge in [-0.05, 0) is 52.7 Å². The van der Waals surface area contributed by atoms with E-state index in [1.165, 1.54) is 13.3 Å². The summed E-state index contributed by atoms with van der Waals surface area (Å²) in [6.45, 7) is 2.90. The number of carbonyl (C=O) groups excluding carboxylic acids is 1. The van der Waals surface area contributed by atoms with Crippen LogP contribution in [-0.4, -0.2) is 38.2 Å². The third-order valence-corrected chi connectivity index (χ3v) is 5.60. The summed E-state index contributed by atoms with van der Waals surface area (Å²) < 4.78 is 22.8. The van der Waals surface area contributed by atoms with Gasteiger partial charge in [-0.2, -0.15) is 5.10 Å². The van der Waals surface area contributed by atoms with Gasteiger partial charge in [0.2, 0.25) is 5.91 Å². The summed E-state index contributed by atoms with van der Waals surface area (Å²) in [5, 5.41) is 5.07. The summed E-state index contributed by atoms with van der Waals surface area (Å²) in [5.41, 5.74) is 3.95. The van der Waals surface area contributed by atoms with Gasteiger partial charge in [0.1, 0.15) is 6.61 Å². The highest BCUT2D eigenvalue weighted by Gasteiger charge is 2.33. The second kappa shape index (κ2) is 10.7. The summed E-state index contributed by atoms with van der Waals surface area (Å²) in [6, 6.07) is 8.74. The molecule has 31 heavy (non-hydrogen) atoms. The second-order valence-electron chi connectivity index (χ2n) is 6.86. The minimum Gasteiger partial charge on any atom is -0.493 e. The highest BCUT2D eigenvalue weighted by molar-refractivity contribution is 9.10. The second-order valence-corrected chi connectivity index (χ2v) is 8.56. The van der Waals surface area contributed by atoms with Crippen molar-refractivity contribution in [3.8, 4) is 11.5 Å². The Labute approximate surface area is 198 Å². The van der Waals surface area contributed by atoms with Gasteiger partial charge < -0.3 is 18.9 Å². The molecule has 1 amide bonds. The zero-order chi connectivity index (χ0) is 22.4. The predicted molar refractivity (Wildman–Crippen MR) is 122 cm³/mol. The Balaban J connectivity index is 1.64. The molecule has 0 bridgehead atoms. The number of hydrazone groups is 1. The number of halogens is 3. The maximum atomic E-state index is 12.0. The molecule has 2 aromatic carbocycles. The normalized spacial score (nSPS) is 15.3. The minimum atomic E-state index is -0.905. The largest absolute Gasteiger partial charge is 0.493 e. The molecule has 0 unspecified atom stereocenters. The Kier molecular flexibility index (Phi) is 8.18. The van der Waals surface area contributed by atoms with E-state index < -0.39 is 5.79 Å². The van der Waals surface area contributed by atoms with Gasteiger partial charge >= 0.3 is 0 Å². The zero-order valence-electron chi connectivity index (χ0n) is 16.9. The number of hydrogen-bond acceptors (Lipinski definition) is 6. The van der Waals surface area contributed by atoms with Crippen molar-refractivity contribution in [3.63, 3.8) is 0 Å². The van der Waals surface area contributed by atoms with E-state index in [9.17, 15) is 4.79 Å². The van der Waals surface area contributed by atoms with Crippen LogP contribution in [0.4, 0.5) is 0 Å². The topological polar surface area (TPSA) is 78.4 Å². The van der Waals surface area contributed by atoms with Crippen LogP contribution in [0, 0.1) is 0 Å². The molecule has 1 fully saturated rings. The Morgan fingerprint density at radius 3 is 2.71 bits per heavy atom. The fourth-order valence-corrected chi connectivity index (χ4v) is 3.95. The van der Waals surface area contributed by atoms with Crippen LogP contribution in [0.3, 0.4) is 0 Å². The Hall–Kier alpha value is -1.84. The lowest BCUT2D eigenvalue weighted by Crippen LogP contribution is -2.33. The molecule has 0 aromatic heterocycles. The number of hydrogen-bond donors (Lipinski definition) is 1. The molecule has 1 N–H and O–H groups in total. The van der Waals surface area contributed by atoms with E-state index in [0.717, 1.165) is 5.56 Å². The summed E-state index contributed by atoms with van der Waals surface area (Å²) in [4.78, 5) is 12.0. The molecular formula is C21H21BrCl2N2O5. The van der Waals surface area contributed by atoms with E-state index in [-0.39, 0.29) is 18.9 Å². The minimum absolute atomic E-state index is 0.0530. The molecular weight excluding hydrogens is 511 g/mol. The Morgan fingerprint density at radius 1 is 1.29 bits per heavy atom. The van der Waals surface area contributed by atoms with Gasteiger partial charge in [-0.25, -0.2) is 5.43 Å². The standard InChI is InChI=1S/C21H21BrCl2N2O5/c1-21(30-5-6-31-21)10-19(27)26-25-11-13-7-16(22)20(18(8-13)28-2)29-12-14-3-4-15(23)9-17(14)24/h3-4,7-9,11H,5-6,10,12H2,1-2H3,(H,26,27)/b25-11-. The predicted octanol–water partition coefficient (Wildman–Crippen LogP) is 4.95. The highest BCUT2D eigenvalue weighted by atomic mass is 79.9. The van der Waals surface area contributed by atoms with Crippen molar-refractivity contribution in [2.45, 2.75) is 25.7 Å². The van der Waals surface area contributed by atoms with Crippen molar-refractivity contribution in [1.29, 1.82) is 0 Å². The lowest BCUT2D eigenvalue weighted by molar-refractivity contribution is -0.159. The number of carbonyl (C=O) groups is 1. The first-order chi connectivity index (χ1) is 14.8. The van der Waals surface area contributed by atoms with Crippen molar-refractivity contribution >= 4 is 51.3 Å². The van der Waals surface area contributed by atoms with Crippen molar-refractivity contribution < 1.29 is 23.7 Å². The van der Waals surface area contributed by atoms with Crippen LogP contribution in [0.1, 0.15) is 24.5 Å². The van der Waals surface area contributed by atoms with Crippen molar-refractivity contribution in [3.05, 3.63) is 56.0 Å². The maximum absolute atomic E-state index is 12.0. The van der Waals surface area contributed by atoms with Crippen LogP contribution in [0.5, 0.6) is 11.5 Å². The Morgan fingerprint density at radius 2 is 2.03 bits per heavy atom. The first kappa shape index (κ1) is 23.8. The average molecular weight is 532 g/mol. The molecule has 166 valence electrons. The van der Waals surface area contributed by atoms with Crippen molar-refractivity contribution in [2.75, 3.05) is 20.3 Å². The third-order valence-electron chi connectivity index (χ3n) is 4.42. The lowest BCUT2D eigenvalue weighted by Gasteiger charge is -2.20.